The third kappa shape index (κ3) is 3.80. The number of anilines is 1. The summed E-state index contributed by atoms with van der Waals surface area (Å²) in [7, 11) is 0. The van der Waals surface area contributed by atoms with Crippen molar-refractivity contribution in [3.8, 4) is 5.75 Å². The molecule has 1 unspecified atom stereocenters. The highest BCUT2D eigenvalue weighted by atomic mass is 32.2. The fourth-order valence-corrected chi connectivity index (χ4v) is 4.67. The van der Waals surface area contributed by atoms with Crippen molar-refractivity contribution < 1.29 is 9.53 Å². The molecule has 0 amide bonds. The summed E-state index contributed by atoms with van der Waals surface area (Å²) in [4.78, 5) is 18.0. The topological polar surface area (TPSA) is 69.0 Å². The van der Waals surface area contributed by atoms with Gasteiger partial charge in [-0.1, -0.05) is 57.7 Å². The van der Waals surface area contributed by atoms with Gasteiger partial charge in [-0.25, -0.2) is 4.68 Å². The van der Waals surface area contributed by atoms with E-state index in [1.807, 2.05) is 28.9 Å². The van der Waals surface area contributed by atoms with Crippen molar-refractivity contribution in [2.75, 3.05) is 17.7 Å². The lowest BCUT2D eigenvalue weighted by Crippen LogP contribution is -2.36. The van der Waals surface area contributed by atoms with Gasteiger partial charge in [0.1, 0.15) is 11.8 Å². The molecule has 4 rings (SSSR count). The number of para-hydroxylation sites is 1. The molecule has 7 heteroatoms. The number of hydrogen-bond donors (Lipinski definition) is 1. The number of allylic oxidation sites excluding steroid dienone is 2. The molecule has 154 valence electrons. The van der Waals surface area contributed by atoms with E-state index in [2.05, 4.69) is 38.0 Å². The number of hydrogen-bond acceptors (Lipinski definition) is 6. The van der Waals surface area contributed by atoms with Crippen molar-refractivity contribution >= 4 is 23.5 Å². The monoisotopic (exact) mass is 412 g/mol. The van der Waals surface area contributed by atoms with Crippen LogP contribution in [0.15, 0.2) is 40.7 Å². The van der Waals surface area contributed by atoms with Crippen molar-refractivity contribution in [1.82, 2.24) is 14.8 Å². The molecule has 0 saturated heterocycles. The van der Waals surface area contributed by atoms with Crippen molar-refractivity contribution in [3.05, 3.63) is 41.1 Å². The summed E-state index contributed by atoms with van der Waals surface area (Å²) < 4.78 is 7.91. The molecule has 6 nitrogen and oxygen atoms in total. The highest BCUT2D eigenvalue weighted by Gasteiger charge is 2.42. The number of nitrogens with one attached hydrogen (secondary N) is 1. The number of carbonyl (C=O) groups is 1. The fraction of sp³-hybridized carbons (Fsp3) is 0.500. The second-order valence-electron chi connectivity index (χ2n) is 8.34. The molecular weight excluding hydrogens is 384 g/mol. The van der Waals surface area contributed by atoms with E-state index in [0.29, 0.717) is 19.0 Å². The van der Waals surface area contributed by atoms with Crippen LogP contribution in [0.2, 0.25) is 0 Å². The van der Waals surface area contributed by atoms with Crippen molar-refractivity contribution in [2.45, 2.75) is 58.2 Å². The number of aromatic nitrogens is 3. The fourth-order valence-electron chi connectivity index (χ4n) is 4.12. The van der Waals surface area contributed by atoms with Crippen LogP contribution in [0.1, 0.15) is 58.6 Å². The van der Waals surface area contributed by atoms with Crippen LogP contribution in [0.3, 0.4) is 0 Å². The predicted molar refractivity (Wildman–Crippen MR) is 115 cm³/mol. The molecule has 2 heterocycles. The Labute approximate surface area is 176 Å². The first-order valence-electron chi connectivity index (χ1n) is 10.3. The first-order chi connectivity index (χ1) is 13.9. The molecule has 1 N–H and O–H groups in total. The standard InChI is InChI=1S/C22H28N4O2S/c1-5-11-28-17-10-8-7-9-14(17)19-18-15(12-22(3,4)13-16(18)27)23-20-24-21(29-6-2)25-26(19)20/h7-10,19H,5-6,11-13H2,1-4H3,(H,23,24,25). The van der Waals surface area contributed by atoms with Crippen LogP contribution in [-0.2, 0) is 4.79 Å². The van der Waals surface area contributed by atoms with Crippen molar-refractivity contribution in [1.29, 1.82) is 0 Å². The molecule has 1 aromatic heterocycles. The number of carbonyl (C=O) groups excluding carboxylic acids is 1. The van der Waals surface area contributed by atoms with Gasteiger partial charge in [-0.15, -0.1) is 5.10 Å². The highest BCUT2D eigenvalue weighted by Crippen LogP contribution is 2.47. The van der Waals surface area contributed by atoms with Gasteiger partial charge in [-0.3, -0.25) is 4.79 Å². The number of Topliss-reactive ketones (excluding diaryl/α,β-unsaturated/α-hetero) is 1. The zero-order valence-corrected chi connectivity index (χ0v) is 18.3. The van der Waals surface area contributed by atoms with E-state index in [9.17, 15) is 4.79 Å². The maximum atomic E-state index is 13.3. The summed E-state index contributed by atoms with van der Waals surface area (Å²) in [6.07, 6.45) is 2.27. The van der Waals surface area contributed by atoms with Crippen LogP contribution in [0.5, 0.6) is 5.75 Å². The summed E-state index contributed by atoms with van der Waals surface area (Å²) in [6, 6.07) is 7.65. The van der Waals surface area contributed by atoms with E-state index in [1.165, 1.54) is 0 Å². The number of rotatable bonds is 6. The number of fused-ring (bicyclic) bond motifs is 1. The van der Waals surface area contributed by atoms with E-state index in [1.54, 1.807) is 11.8 Å². The predicted octanol–water partition coefficient (Wildman–Crippen LogP) is 4.84. The number of benzene rings is 1. The van der Waals surface area contributed by atoms with Gasteiger partial charge in [0, 0.05) is 23.3 Å². The van der Waals surface area contributed by atoms with Crippen LogP contribution < -0.4 is 10.1 Å². The maximum absolute atomic E-state index is 13.3. The summed E-state index contributed by atoms with van der Waals surface area (Å²) in [5, 5.41) is 8.89. The van der Waals surface area contributed by atoms with E-state index >= 15 is 0 Å². The number of thioether (sulfide) groups is 1. The molecule has 0 saturated carbocycles. The zero-order valence-electron chi connectivity index (χ0n) is 17.5. The first-order valence-corrected chi connectivity index (χ1v) is 11.3. The molecule has 1 aromatic carbocycles. The highest BCUT2D eigenvalue weighted by molar-refractivity contribution is 7.99. The summed E-state index contributed by atoms with van der Waals surface area (Å²) in [5.74, 6) is 2.56. The maximum Gasteiger partial charge on any atom is 0.227 e. The minimum atomic E-state index is -0.323. The number of ketones is 1. The average Bonchev–Trinajstić information content (AvgIpc) is 3.06. The van der Waals surface area contributed by atoms with Crippen molar-refractivity contribution in [3.63, 3.8) is 0 Å². The molecule has 29 heavy (non-hydrogen) atoms. The van der Waals surface area contributed by atoms with E-state index < -0.39 is 0 Å². The molecule has 2 aromatic rings. The first kappa shape index (κ1) is 20.0. The van der Waals surface area contributed by atoms with Crippen LogP contribution in [0.4, 0.5) is 5.95 Å². The molecule has 0 fully saturated rings. The Morgan fingerprint density at radius 3 is 2.83 bits per heavy atom. The van der Waals surface area contributed by atoms with Crippen LogP contribution in [0, 0.1) is 5.41 Å². The van der Waals surface area contributed by atoms with Gasteiger partial charge in [-0.2, -0.15) is 4.98 Å². The minimum absolute atomic E-state index is 0.0745. The van der Waals surface area contributed by atoms with Crippen molar-refractivity contribution in [2.24, 2.45) is 5.41 Å². The molecule has 0 spiro atoms. The molecule has 1 atom stereocenters. The minimum Gasteiger partial charge on any atom is -0.493 e. The van der Waals surface area contributed by atoms with Gasteiger partial charge >= 0.3 is 0 Å². The van der Waals surface area contributed by atoms with Gasteiger partial charge in [0.2, 0.25) is 11.1 Å². The Morgan fingerprint density at radius 2 is 2.07 bits per heavy atom. The summed E-state index contributed by atoms with van der Waals surface area (Å²) in [5.41, 5.74) is 2.65. The molecule has 2 aliphatic rings. The lowest BCUT2D eigenvalue weighted by Gasteiger charge is -2.38. The lowest BCUT2D eigenvalue weighted by molar-refractivity contribution is -0.118. The van der Waals surface area contributed by atoms with Crippen LogP contribution in [-0.4, -0.2) is 32.9 Å². The normalized spacial score (nSPS) is 20.1. The van der Waals surface area contributed by atoms with E-state index in [-0.39, 0.29) is 17.2 Å². The second kappa shape index (κ2) is 7.86. The number of ether oxygens (including phenoxy) is 1. The number of nitrogens with zero attached hydrogens (tertiary/aromatic N) is 3. The third-order valence-corrected chi connectivity index (χ3v) is 5.98. The van der Waals surface area contributed by atoms with E-state index in [0.717, 1.165) is 46.3 Å². The quantitative estimate of drug-likeness (QED) is 0.685. The third-order valence-electron chi connectivity index (χ3n) is 5.26. The smallest absolute Gasteiger partial charge is 0.227 e. The largest absolute Gasteiger partial charge is 0.493 e. The Morgan fingerprint density at radius 1 is 1.28 bits per heavy atom. The Kier molecular flexibility index (Phi) is 5.42. The molecule has 1 aliphatic heterocycles. The lowest BCUT2D eigenvalue weighted by atomic mass is 9.73. The van der Waals surface area contributed by atoms with Gasteiger partial charge in [0.25, 0.3) is 0 Å². The summed E-state index contributed by atoms with van der Waals surface area (Å²) in [6.45, 7) is 9.09. The summed E-state index contributed by atoms with van der Waals surface area (Å²) >= 11 is 1.60. The second-order valence-corrected chi connectivity index (χ2v) is 9.57. The van der Waals surface area contributed by atoms with Gasteiger partial charge in [0.05, 0.1) is 6.61 Å². The zero-order chi connectivity index (χ0) is 20.6. The van der Waals surface area contributed by atoms with Gasteiger partial charge < -0.3 is 10.1 Å². The average molecular weight is 413 g/mol. The van der Waals surface area contributed by atoms with Crippen LogP contribution in [0.25, 0.3) is 0 Å². The van der Waals surface area contributed by atoms with Gasteiger partial charge in [0.15, 0.2) is 5.78 Å². The SMILES string of the molecule is CCCOc1ccccc1C1C2=C(CC(C)(C)CC2=O)Nc2nc(SCC)nn21. The Hall–Kier alpha value is -2.28. The Bertz CT molecular complexity index is 963. The van der Waals surface area contributed by atoms with Gasteiger partial charge in [-0.05, 0) is 30.1 Å². The molecule has 0 radical (unpaired) electrons. The Balaban J connectivity index is 1.87. The molecular formula is C22H28N4O2S. The molecule has 1 aliphatic carbocycles. The molecule has 0 bridgehead atoms. The van der Waals surface area contributed by atoms with Crippen LogP contribution >= 0.6 is 11.8 Å². The van der Waals surface area contributed by atoms with E-state index in [4.69, 9.17) is 9.84 Å².